The SMILES string of the molecule is CN(Cc1ccc([N+](=O)[O-])c(F)c1)c1ccccc1F. The van der Waals surface area contributed by atoms with Gasteiger partial charge in [0.25, 0.3) is 0 Å². The normalized spacial score (nSPS) is 10.3. The first-order valence-electron chi connectivity index (χ1n) is 5.87. The van der Waals surface area contributed by atoms with Crippen LogP contribution >= 0.6 is 0 Å². The molecule has 0 aromatic heterocycles. The van der Waals surface area contributed by atoms with E-state index in [1.54, 1.807) is 30.1 Å². The summed E-state index contributed by atoms with van der Waals surface area (Å²) < 4.78 is 27.1. The highest BCUT2D eigenvalue weighted by atomic mass is 19.1. The summed E-state index contributed by atoms with van der Waals surface area (Å²) in [7, 11) is 1.66. The fourth-order valence-electron chi connectivity index (χ4n) is 1.92. The third kappa shape index (κ3) is 2.90. The Kier molecular flexibility index (Phi) is 3.93. The number of nitrogens with zero attached hydrogens (tertiary/aromatic N) is 2. The highest BCUT2D eigenvalue weighted by molar-refractivity contribution is 5.47. The van der Waals surface area contributed by atoms with Crippen molar-refractivity contribution >= 4 is 11.4 Å². The minimum absolute atomic E-state index is 0.246. The molecule has 0 bridgehead atoms. The number of rotatable bonds is 4. The van der Waals surface area contributed by atoms with Crippen molar-refractivity contribution in [1.82, 2.24) is 0 Å². The van der Waals surface area contributed by atoms with E-state index in [9.17, 15) is 18.9 Å². The molecule has 0 aliphatic heterocycles. The molecule has 2 rings (SSSR count). The second-order valence-electron chi connectivity index (χ2n) is 4.35. The molecule has 20 heavy (non-hydrogen) atoms. The Morgan fingerprint density at radius 3 is 2.45 bits per heavy atom. The van der Waals surface area contributed by atoms with E-state index < -0.39 is 16.4 Å². The smallest absolute Gasteiger partial charge is 0.304 e. The molecule has 0 aliphatic rings. The predicted octanol–water partition coefficient (Wildman–Crippen LogP) is 3.51. The Morgan fingerprint density at radius 2 is 1.85 bits per heavy atom. The predicted molar refractivity (Wildman–Crippen MR) is 71.6 cm³/mol. The van der Waals surface area contributed by atoms with Gasteiger partial charge in [0.05, 0.1) is 10.6 Å². The van der Waals surface area contributed by atoms with Crippen LogP contribution in [0.4, 0.5) is 20.2 Å². The van der Waals surface area contributed by atoms with E-state index in [0.29, 0.717) is 11.3 Å². The molecule has 0 aliphatic carbocycles. The molecule has 104 valence electrons. The van der Waals surface area contributed by atoms with E-state index in [1.165, 1.54) is 12.1 Å². The molecule has 0 amide bonds. The Morgan fingerprint density at radius 1 is 1.15 bits per heavy atom. The zero-order valence-corrected chi connectivity index (χ0v) is 10.7. The van der Waals surface area contributed by atoms with Crippen LogP contribution < -0.4 is 4.90 Å². The Hall–Kier alpha value is -2.50. The molecule has 2 aromatic rings. The van der Waals surface area contributed by atoms with Gasteiger partial charge in [-0.15, -0.1) is 0 Å². The van der Waals surface area contributed by atoms with Crippen LogP contribution in [0.15, 0.2) is 42.5 Å². The van der Waals surface area contributed by atoms with Crippen molar-refractivity contribution in [3.8, 4) is 0 Å². The van der Waals surface area contributed by atoms with Crippen LogP contribution in [0.5, 0.6) is 0 Å². The van der Waals surface area contributed by atoms with Crippen molar-refractivity contribution in [2.75, 3.05) is 11.9 Å². The van der Waals surface area contributed by atoms with Crippen molar-refractivity contribution in [3.63, 3.8) is 0 Å². The quantitative estimate of drug-likeness (QED) is 0.635. The first-order chi connectivity index (χ1) is 9.49. The second-order valence-corrected chi connectivity index (χ2v) is 4.35. The van der Waals surface area contributed by atoms with Crippen LogP contribution in [0.3, 0.4) is 0 Å². The average Bonchev–Trinajstić information content (AvgIpc) is 2.38. The van der Waals surface area contributed by atoms with Gasteiger partial charge in [-0.3, -0.25) is 10.1 Å². The van der Waals surface area contributed by atoms with Gasteiger partial charge in [0.2, 0.25) is 5.82 Å². The molecule has 0 radical (unpaired) electrons. The van der Waals surface area contributed by atoms with Gasteiger partial charge >= 0.3 is 5.69 Å². The number of hydrogen-bond acceptors (Lipinski definition) is 3. The van der Waals surface area contributed by atoms with Crippen LogP contribution in [0.25, 0.3) is 0 Å². The molecule has 0 saturated heterocycles. The van der Waals surface area contributed by atoms with Gasteiger partial charge in [0.15, 0.2) is 0 Å². The maximum absolute atomic E-state index is 13.6. The summed E-state index contributed by atoms with van der Waals surface area (Å²) in [6, 6.07) is 9.89. The first kappa shape index (κ1) is 13.9. The van der Waals surface area contributed by atoms with Gasteiger partial charge in [0, 0.05) is 19.7 Å². The molecule has 4 nitrogen and oxygen atoms in total. The van der Waals surface area contributed by atoms with E-state index >= 15 is 0 Å². The summed E-state index contributed by atoms with van der Waals surface area (Å²) in [5.41, 5.74) is 0.340. The van der Waals surface area contributed by atoms with Crippen LogP contribution in [-0.4, -0.2) is 12.0 Å². The zero-order chi connectivity index (χ0) is 14.7. The van der Waals surface area contributed by atoms with E-state index in [4.69, 9.17) is 0 Å². The van der Waals surface area contributed by atoms with Crippen molar-refractivity contribution in [1.29, 1.82) is 0 Å². The molecule has 2 aromatic carbocycles. The summed E-state index contributed by atoms with van der Waals surface area (Å²) >= 11 is 0. The van der Waals surface area contributed by atoms with Crippen molar-refractivity contribution in [3.05, 3.63) is 69.8 Å². The van der Waals surface area contributed by atoms with Crippen LogP contribution in [0, 0.1) is 21.7 Å². The minimum atomic E-state index is -0.894. The number of benzene rings is 2. The molecule has 0 N–H and O–H groups in total. The largest absolute Gasteiger partial charge is 0.368 e. The summed E-state index contributed by atoms with van der Waals surface area (Å²) in [6.07, 6.45) is 0. The Bertz CT molecular complexity index is 647. The van der Waals surface area contributed by atoms with Gasteiger partial charge in [0.1, 0.15) is 5.82 Å². The van der Waals surface area contributed by atoms with E-state index in [1.807, 2.05) is 0 Å². The van der Waals surface area contributed by atoms with E-state index in [0.717, 1.165) is 12.1 Å². The third-order valence-corrected chi connectivity index (χ3v) is 2.89. The fourth-order valence-corrected chi connectivity index (χ4v) is 1.92. The number of anilines is 1. The molecule has 0 spiro atoms. The summed E-state index contributed by atoms with van der Waals surface area (Å²) in [5.74, 6) is -1.27. The topological polar surface area (TPSA) is 46.4 Å². The van der Waals surface area contributed by atoms with E-state index in [-0.39, 0.29) is 12.4 Å². The molecule has 0 fully saturated rings. The van der Waals surface area contributed by atoms with Gasteiger partial charge in [-0.25, -0.2) is 4.39 Å². The highest BCUT2D eigenvalue weighted by Crippen LogP contribution is 2.22. The molecule has 0 saturated carbocycles. The van der Waals surface area contributed by atoms with E-state index in [2.05, 4.69) is 0 Å². The standard InChI is InChI=1S/C14H12F2N2O2/c1-17(13-5-3-2-4-11(13)15)9-10-6-7-14(18(19)20)12(16)8-10/h2-8H,9H2,1H3. The summed E-state index contributed by atoms with van der Waals surface area (Å²) in [4.78, 5) is 11.4. The fraction of sp³-hybridized carbons (Fsp3) is 0.143. The minimum Gasteiger partial charge on any atom is -0.368 e. The number of nitro groups is 1. The van der Waals surface area contributed by atoms with Gasteiger partial charge < -0.3 is 4.90 Å². The maximum Gasteiger partial charge on any atom is 0.304 e. The zero-order valence-electron chi connectivity index (χ0n) is 10.7. The molecule has 0 unspecified atom stereocenters. The highest BCUT2D eigenvalue weighted by Gasteiger charge is 2.15. The maximum atomic E-state index is 13.6. The summed E-state index contributed by atoms with van der Waals surface area (Å²) in [6.45, 7) is 0.246. The number of nitro benzene ring substituents is 1. The average molecular weight is 278 g/mol. The summed E-state index contributed by atoms with van der Waals surface area (Å²) in [5, 5.41) is 10.5. The van der Waals surface area contributed by atoms with Crippen LogP contribution in [-0.2, 0) is 6.54 Å². The third-order valence-electron chi connectivity index (χ3n) is 2.89. The monoisotopic (exact) mass is 278 g/mol. The molecule has 6 heteroatoms. The van der Waals surface area contributed by atoms with Gasteiger partial charge in [-0.1, -0.05) is 18.2 Å². The van der Waals surface area contributed by atoms with Crippen LogP contribution in [0.1, 0.15) is 5.56 Å². The van der Waals surface area contributed by atoms with Crippen molar-refractivity contribution < 1.29 is 13.7 Å². The van der Waals surface area contributed by atoms with Crippen molar-refractivity contribution in [2.45, 2.75) is 6.54 Å². The lowest BCUT2D eigenvalue weighted by Gasteiger charge is -2.19. The van der Waals surface area contributed by atoms with Gasteiger partial charge in [-0.05, 0) is 23.8 Å². The van der Waals surface area contributed by atoms with Crippen molar-refractivity contribution in [2.24, 2.45) is 0 Å². The molecule has 0 heterocycles. The second kappa shape index (κ2) is 5.64. The Labute approximate surface area is 114 Å². The Balaban J connectivity index is 2.20. The number of halogens is 2. The lowest BCUT2D eigenvalue weighted by atomic mass is 10.1. The first-order valence-corrected chi connectivity index (χ1v) is 5.87. The molecular weight excluding hydrogens is 266 g/mol. The molecular formula is C14H12F2N2O2. The lowest BCUT2D eigenvalue weighted by Crippen LogP contribution is -2.17. The van der Waals surface area contributed by atoms with Crippen LogP contribution in [0.2, 0.25) is 0 Å². The number of hydrogen-bond donors (Lipinski definition) is 0. The number of para-hydroxylation sites is 1. The molecule has 0 atom stereocenters. The lowest BCUT2D eigenvalue weighted by molar-refractivity contribution is -0.387. The van der Waals surface area contributed by atoms with Gasteiger partial charge in [-0.2, -0.15) is 4.39 Å².